The van der Waals surface area contributed by atoms with Crippen molar-refractivity contribution in [2.75, 3.05) is 18.4 Å². The molecule has 0 spiro atoms. The van der Waals surface area contributed by atoms with Gasteiger partial charge in [0.25, 0.3) is 0 Å². The van der Waals surface area contributed by atoms with Crippen LogP contribution in [0.4, 0.5) is 10.5 Å². The van der Waals surface area contributed by atoms with Crippen LogP contribution in [0.5, 0.6) is 0 Å². The van der Waals surface area contributed by atoms with E-state index >= 15 is 0 Å². The topological polar surface area (TPSA) is 110 Å². The predicted molar refractivity (Wildman–Crippen MR) is 96.1 cm³/mol. The van der Waals surface area contributed by atoms with E-state index in [0.717, 1.165) is 18.4 Å². The fourth-order valence-electron chi connectivity index (χ4n) is 3.17. The minimum atomic E-state index is -0.138. The molecule has 1 fully saturated rings. The average molecular weight is 368 g/mol. The second-order valence-corrected chi connectivity index (χ2v) is 6.59. The molecule has 1 saturated heterocycles. The minimum Gasteiger partial charge on any atom is -0.421 e. The molecule has 0 saturated carbocycles. The van der Waals surface area contributed by atoms with Crippen LogP contribution in [0.3, 0.4) is 0 Å². The molecule has 3 aromatic rings. The number of benzene rings is 1. The van der Waals surface area contributed by atoms with Crippen LogP contribution in [0.2, 0.25) is 0 Å². The summed E-state index contributed by atoms with van der Waals surface area (Å²) >= 11 is 0. The fraction of sp³-hybridized carbons (Fsp3) is 0.389. The number of urea groups is 1. The van der Waals surface area contributed by atoms with E-state index in [1.165, 1.54) is 0 Å². The average Bonchev–Trinajstić information content (AvgIpc) is 3.31. The molecule has 1 aliphatic heterocycles. The van der Waals surface area contributed by atoms with Crippen molar-refractivity contribution in [2.45, 2.75) is 32.6 Å². The lowest BCUT2D eigenvalue weighted by molar-refractivity contribution is 0.190. The van der Waals surface area contributed by atoms with E-state index in [1.807, 2.05) is 24.3 Å². The minimum absolute atomic E-state index is 0.102. The quantitative estimate of drug-likeness (QED) is 0.756. The van der Waals surface area contributed by atoms with Gasteiger partial charge in [0.15, 0.2) is 5.82 Å². The van der Waals surface area contributed by atoms with Crippen molar-refractivity contribution in [3.8, 4) is 11.5 Å². The summed E-state index contributed by atoms with van der Waals surface area (Å²) in [6.07, 6.45) is 1.85. The summed E-state index contributed by atoms with van der Waals surface area (Å²) in [7, 11) is 0. The lowest BCUT2D eigenvalue weighted by atomic mass is 9.98. The smallest absolute Gasteiger partial charge is 0.321 e. The Balaban J connectivity index is 1.39. The third-order valence-electron chi connectivity index (χ3n) is 4.53. The Morgan fingerprint density at radius 2 is 2.00 bits per heavy atom. The summed E-state index contributed by atoms with van der Waals surface area (Å²) < 4.78 is 10.5. The number of nitrogens with one attached hydrogen (secondary N) is 1. The molecule has 1 unspecified atom stereocenters. The van der Waals surface area contributed by atoms with Gasteiger partial charge in [-0.1, -0.05) is 5.16 Å². The SMILES string of the molecule is Cc1nc(C2CCCN(C(=O)Nc3ccc(-c4nnc(C)o4)cc3)C2)no1. The molecule has 3 heterocycles. The van der Waals surface area contributed by atoms with E-state index in [-0.39, 0.29) is 11.9 Å². The zero-order valence-corrected chi connectivity index (χ0v) is 15.2. The van der Waals surface area contributed by atoms with Gasteiger partial charge in [0.2, 0.25) is 17.7 Å². The summed E-state index contributed by atoms with van der Waals surface area (Å²) in [6.45, 7) is 4.79. The van der Waals surface area contributed by atoms with Gasteiger partial charge in [-0.3, -0.25) is 0 Å². The molecule has 140 valence electrons. The van der Waals surface area contributed by atoms with Crippen molar-refractivity contribution in [3.05, 3.63) is 41.9 Å². The van der Waals surface area contributed by atoms with Crippen molar-refractivity contribution < 1.29 is 13.7 Å². The second-order valence-electron chi connectivity index (χ2n) is 6.59. The van der Waals surface area contributed by atoms with Crippen LogP contribution in [0, 0.1) is 13.8 Å². The number of nitrogens with zero attached hydrogens (tertiary/aromatic N) is 5. The standard InChI is InChI=1S/C18H20N6O3/c1-11-19-16(23-27-11)14-4-3-9-24(10-14)18(25)20-15-7-5-13(6-8-15)17-22-21-12(2)26-17/h5-8,14H,3-4,9-10H2,1-2H3,(H,20,25). The summed E-state index contributed by atoms with van der Waals surface area (Å²) in [5.41, 5.74) is 1.51. The third kappa shape index (κ3) is 3.81. The Labute approximate surface area is 155 Å². The van der Waals surface area contributed by atoms with Crippen LogP contribution in [-0.2, 0) is 0 Å². The van der Waals surface area contributed by atoms with Crippen molar-refractivity contribution in [1.82, 2.24) is 25.2 Å². The van der Waals surface area contributed by atoms with E-state index in [0.29, 0.717) is 42.3 Å². The highest BCUT2D eigenvalue weighted by Gasteiger charge is 2.27. The molecular weight excluding hydrogens is 348 g/mol. The summed E-state index contributed by atoms with van der Waals surface area (Å²) in [6, 6.07) is 7.17. The molecule has 1 N–H and O–H groups in total. The largest absolute Gasteiger partial charge is 0.421 e. The maximum absolute atomic E-state index is 12.6. The number of amides is 2. The molecule has 9 heteroatoms. The number of rotatable bonds is 3. The van der Waals surface area contributed by atoms with Crippen LogP contribution in [0.1, 0.15) is 36.4 Å². The van der Waals surface area contributed by atoms with E-state index in [4.69, 9.17) is 8.94 Å². The van der Waals surface area contributed by atoms with Gasteiger partial charge in [-0.25, -0.2) is 4.79 Å². The van der Waals surface area contributed by atoms with E-state index in [1.54, 1.807) is 18.7 Å². The van der Waals surface area contributed by atoms with Crippen LogP contribution >= 0.6 is 0 Å². The third-order valence-corrected chi connectivity index (χ3v) is 4.53. The molecule has 2 amide bonds. The van der Waals surface area contributed by atoms with Gasteiger partial charge in [0.1, 0.15) is 0 Å². The van der Waals surface area contributed by atoms with Crippen LogP contribution in [0.25, 0.3) is 11.5 Å². The Morgan fingerprint density at radius 3 is 2.67 bits per heavy atom. The summed E-state index contributed by atoms with van der Waals surface area (Å²) in [4.78, 5) is 18.7. The zero-order valence-electron chi connectivity index (χ0n) is 15.2. The predicted octanol–water partition coefficient (Wildman–Crippen LogP) is 3.15. The number of carbonyl (C=O) groups excluding carboxylic acids is 1. The number of aromatic nitrogens is 4. The van der Waals surface area contributed by atoms with Crippen molar-refractivity contribution in [1.29, 1.82) is 0 Å². The number of hydrogen-bond donors (Lipinski definition) is 1. The molecular formula is C18H20N6O3. The number of piperidine rings is 1. The van der Waals surface area contributed by atoms with Gasteiger partial charge in [0.05, 0.1) is 0 Å². The van der Waals surface area contributed by atoms with Crippen LogP contribution in [-0.4, -0.2) is 44.4 Å². The summed E-state index contributed by atoms with van der Waals surface area (Å²) in [5, 5.41) is 14.7. The number of likely N-dealkylation sites (tertiary alicyclic amines) is 1. The second kappa shape index (κ2) is 7.18. The van der Waals surface area contributed by atoms with E-state index < -0.39 is 0 Å². The van der Waals surface area contributed by atoms with Gasteiger partial charge < -0.3 is 19.2 Å². The molecule has 0 aliphatic carbocycles. The fourth-order valence-corrected chi connectivity index (χ4v) is 3.17. The van der Waals surface area contributed by atoms with E-state index in [9.17, 15) is 4.79 Å². The number of hydrogen-bond acceptors (Lipinski definition) is 7. The first-order valence-corrected chi connectivity index (χ1v) is 8.85. The van der Waals surface area contributed by atoms with Crippen molar-refractivity contribution in [3.63, 3.8) is 0 Å². The van der Waals surface area contributed by atoms with Gasteiger partial charge >= 0.3 is 6.03 Å². The normalized spacial score (nSPS) is 17.1. The Kier molecular flexibility index (Phi) is 4.57. The van der Waals surface area contributed by atoms with Crippen LogP contribution in [0.15, 0.2) is 33.2 Å². The highest BCUT2D eigenvalue weighted by molar-refractivity contribution is 5.89. The molecule has 4 rings (SSSR count). The highest BCUT2D eigenvalue weighted by atomic mass is 16.5. The van der Waals surface area contributed by atoms with E-state index in [2.05, 4.69) is 25.7 Å². The monoisotopic (exact) mass is 368 g/mol. The van der Waals surface area contributed by atoms with Crippen molar-refractivity contribution in [2.24, 2.45) is 0 Å². The first-order valence-electron chi connectivity index (χ1n) is 8.85. The first kappa shape index (κ1) is 17.2. The summed E-state index contributed by atoms with van der Waals surface area (Å²) in [5.74, 6) is 2.29. The molecule has 1 aliphatic rings. The van der Waals surface area contributed by atoms with Gasteiger partial charge in [-0.05, 0) is 37.1 Å². The molecule has 0 bridgehead atoms. The van der Waals surface area contributed by atoms with Gasteiger partial charge in [0, 0.05) is 44.1 Å². The maximum atomic E-state index is 12.6. The molecule has 27 heavy (non-hydrogen) atoms. The number of anilines is 1. The zero-order chi connectivity index (χ0) is 18.8. The van der Waals surface area contributed by atoms with Crippen molar-refractivity contribution >= 4 is 11.7 Å². The highest BCUT2D eigenvalue weighted by Crippen LogP contribution is 2.26. The van der Waals surface area contributed by atoms with Crippen LogP contribution < -0.4 is 5.32 Å². The number of carbonyl (C=O) groups is 1. The lowest BCUT2D eigenvalue weighted by Crippen LogP contribution is -2.41. The molecule has 0 radical (unpaired) electrons. The Hall–Kier alpha value is -3.23. The molecule has 1 aromatic carbocycles. The Morgan fingerprint density at radius 1 is 1.19 bits per heavy atom. The molecule has 9 nitrogen and oxygen atoms in total. The maximum Gasteiger partial charge on any atom is 0.321 e. The van der Waals surface area contributed by atoms with Gasteiger partial charge in [-0.15, -0.1) is 10.2 Å². The van der Waals surface area contributed by atoms with Gasteiger partial charge in [-0.2, -0.15) is 4.98 Å². The molecule has 2 aromatic heterocycles. The Bertz CT molecular complexity index is 933. The lowest BCUT2D eigenvalue weighted by Gasteiger charge is -2.31. The molecule has 1 atom stereocenters. The number of aryl methyl sites for hydroxylation is 2. The first-order chi connectivity index (χ1) is 13.1.